The van der Waals surface area contributed by atoms with Crippen LogP contribution in [0.1, 0.15) is 23.7 Å². The minimum absolute atomic E-state index is 0.0910. The molecule has 0 aromatic carbocycles. The second-order valence-corrected chi connectivity index (χ2v) is 5.41. The molecule has 0 aliphatic carbocycles. The molecule has 0 unspecified atom stereocenters. The number of nitrogens with zero attached hydrogens (tertiary/aromatic N) is 1. The van der Waals surface area contributed by atoms with E-state index < -0.39 is 5.54 Å². The molecule has 4 nitrogen and oxygen atoms in total. The minimum atomic E-state index is -0.592. The Bertz CT molecular complexity index is 396. The first-order chi connectivity index (χ1) is 7.43. The van der Waals surface area contributed by atoms with Gasteiger partial charge >= 0.3 is 0 Å². The van der Waals surface area contributed by atoms with Crippen molar-refractivity contribution in [1.29, 1.82) is 0 Å². The van der Waals surface area contributed by atoms with Gasteiger partial charge in [-0.15, -0.1) is 11.3 Å². The Morgan fingerprint density at radius 3 is 2.88 bits per heavy atom. The fourth-order valence-corrected chi connectivity index (χ4v) is 1.72. The molecular formula is C11H16N2O2S. The maximum Gasteiger partial charge on any atom is 0.244 e. The van der Waals surface area contributed by atoms with Gasteiger partial charge in [0.2, 0.25) is 5.91 Å². The predicted molar refractivity (Wildman–Crippen MR) is 65.2 cm³/mol. The summed E-state index contributed by atoms with van der Waals surface area (Å²) in [6, 6.07) is 0. The standard InChI is InChI=1S/C11H16N2O2S/c1-8-12-6-9(16-8)4-5-10(15)13-11(2,3)7-14/h4-6,14H,7H2,1-3H3,(H,13,15)/b5-4+. The number of hydrogen-bond acceptors (Lipinski definition) is 4. The van der Waals surface area contributed by atoms with Gasteiger partial charge in [-0.1, -0.05) is 0 Å². The SMILES string of the molecule is Cc1ncc(/C=C/C(=O)NC(C)(C)CO)s1. The first-order valence-electron chi connectivity index (χ1n) is 4.96. The van der Waals surface area contributed by atoms with Crippen LogP contribution in [-0.2, 0) is 4.79 Å². The zero-order valence-corrected chi connectivity index (χ0v) is 10.5. The van der Waals surface area contributed by atoms with Crippen molar-refractivity contribution in [3.8, 4) is 0 Å². The number of carbonyl (C=O) groups excluding carboxylic acids is 1. The summed E-state index contributed by atoms with van der Waals surface area (Å²) < 4.78 is 0. The largest absolute Gasteiger partial charge is 0.394 e. The molecule has 1 aromatic rings. The fourth-order valence-electron chi connectivity index (χ4n) is 1.03. The highest BCUT2D eigenvalue weighted by Gasteiger charge is 2.17. The first kappa shape index (κ1) is 12.9. The number of carbonyl (C=O) groups is 1. The fraction of sp³-hybridized carbons (Fsp3) is 0.455. The Balaban J connectivity index is 2.55. The molecule has 5 heteroatoms. The van der Waals surface area contributed by atoms with Crippen molar-refractivity contribution in [3.63, 3.8) is 0 Å². The lowest BCUT2D eigenvalue weighted by Gasteiger charge is -2.22. The molecule has 0 aliphatic rings. The van der Waals surface area contributed by atoms with Gasteiger partial charge in [-0.3, -0.25) is 4.79 Å². The first-order valence-corrected chi connectivity index (χ1v) is 5.78. The van der Waals surface area contributed by atoms with Gasteiger partial charge in [0.15, 0.2) is 0 Å². The van der Waals surface area contributed by atoms with E-state index in [2.05, 4.69) is 10.3 Å². The number of nitrogens with one attached hydrogen (secondary N) is 1. The van der Waals surface area contributed by atoms with Crippen molar-refractivity contribution < 1.29 is 9.90 Å². The number of aromatic nitrogens is 1. The molecule has 1 amide bonds. The third-order valence-electron chi connectivity index (χ3n) is 1.89. The third kappa shape index (κ3) is 4.12. The lowest BCUT2D eigenvalue weighted by atomic mass is 10.1. The Kier molecular flexibility index (Phi) is 4.20. The molecule has 0 spiro atoms. The monoisotopic (exact) mass is 240 g/mol. The van der Waals surface area contributed by atoms with Crippen molar-refractivity contribution >= 4 is 23.3 Å². The number of amides is 1. The lowest BCUT2D eigenvalue weighted by molar-refractivity contribution is -0.118. The average Bonchev–Trinajstić information content (AvgIpc) is 2.61. The Morgan fingerprint density at radius 1 is 1.69 bits per heavy atom. The molecule has 1 aromatic heterocycles. The smallest absolute Gasteiger partial charge is 0.244 e. The van der Waals surface area contributed by atoms with E-state index in [0.29, 0.717) is 0 Å². The summed E-state index contributed by atoms with van der Waals surface area (Å²) in [5.41, 5.74) is -0.592. The van der Waals surface area contributed by atoms with E-state index in [4.69, 9.17) is 5.11 Å². The maximum atomic E-state index is 11.5. The topological polar surface area (TPSA) is 62.2 Å². The second kappa shape index (κ2) is 5.23. The van der Waals surface area contributed by atoms with Crippen molar-refractivity contribution in [2.24, 2.45) is 0 Å². The number of aryl methyl sites for hydroxylation is 1. The van der Waals surface area contributed by atoms with Gasteiger partial charge in [0.1, 0.15) is 0 Å². The Labute approximate surface area is 99.0 Å². The van der Waals surface area contributed by atoms with E-state index in [0.717, 1.165) is 9.88 Å². The maximum absolute atomic E-state index is 11.5. The van der Waals surface area contributed by atoms with E-state index >= 15 is 0 Å². The van der Waals surface area contributed by atoms with Crippen LogP contribution in [0, 0.1) is 6.92 Å². The van der Waals surface area contributed by atoms with Gasteiger partial charge in [0.05, 0.1) is 17.2 Å². The van der Waals surface area contributed by atoms with Crippen molar-refractivity contribution in [2.45, 2.75) is 26.3 Å². The van der Waals surface area contributed by atoms with Gasteiger partial charge in [0, 0.05) is 17.2 Å². The highest BCUT2D eigenvalue weighted by molar-refractivity contribution is 7.12. The predicted octanol–water partition coefficient (Wildman–Crippen LogP) is 1.35. The van der Waals surface area contributed by atoms with Crippen LogP contribution in [-0.4, -0.2) is 28.1 Å². The number of aliphatic hydroxyl groups is 1. The van der Waals surface area contributed by atoms with Crippen LogP contribution >= 0.6 is 11.3 Å². The number of rotatable bonds is 4. The summed E-state index contributed by atoms with van der Waals surface area (Å²) in [5.74, 6) is -0.217. The van der Waals surface area contributed by atoms with Crippen molar-refractivity contribution in [3.05, 3.63) is 22.2 Å². The van der Waals surface area contributed by atoms with Crippen LogP contribution in [0.5, 0.6) is 0 Å². The number of thiazole rings is 1. The quantitative estimate of drug-likeness (QED) is 0.781. The summed E-state index contributed by atoms with van der Waals surface area (Å²) in [5, 5.41) is 12.6. The molecule has 0 aliphatic heterocycles. The summed E-state index contributed by atoms with van der Waals surface area (Å²) in [7, 11) is 0. The van der Waals surface area contributed by atoms with Crippen molar-refractivity contribution in [1.82, 2.24) is 10.3 Å². The Morgan fingerprint density at radius 2 is 2.38 bits per heavy atom. The Hall–Kier alpha value is -1.20. The molecule has 0 saturated heterocycles. The highest BCUT2D eigenvalue weighted by atomic mass is 32.1. The molecule has 1 heterocycles. The van der Waals surface area contributed by atoms with Crippen LogP contribution in [0.4, 0.5) is 0 Å². The molecule has 0 fully saturated rings. The van der Waals surface area contributed by atoms with Gasteiger partial charge in [-0.25, -0.2) is 4.98 Å². The second-order valence-electron chi connectivity index (χ2n) is 4.15. The summed E-state index contributed by atoms with van der Waals surface area (Å²) in [6.45, 7) is 5.34. The normalized spacial score (nSPS) is 12.0. The third-order valence-corrected chi connectivity index (χ3v) is 2.77. The van der Waals surface area contributed by atoms with Gasteiger partial charge < -0.3 is 10.4 Å². The van der Waals surface area contributed by atoms with E-state index in [9.17, 15) is 4.79 Å². The molecular weight excluding hydrogens is 224 g/mol. The van der Waals surface area contributed by atoms with Crippen LogP contribution < -0.4 is 5.32 Å². The molecule has 2 N–H and O–H groups in total. The van der Waals surface area contributed by atoms with E-state index in [1.54, 1.807) is 26.1 Å². The molecule has 0 bridgehead atoms. The van der Waals surface area contributed by atoms with Crippen LogP contribution in [0.2, 0.25) is 0 Å². The highest BCUT2D eigenvalue weighted by Crippen LogP contribution is 2.12. The van der Waals surface area contributed by atoms with E-state index in [-0.39, 0.29) is 12.5 Å². The van der Waals surface area contributed by atoms with E-state index in [1.165, 1.54) is 17.4 Å². The summed E-state index contributed by atoms with van der Waals surface area (Å²) in [4.78, 5) is 16.5. The number of aliphatic hydroxyl groups excluding tert-OH is 1. The number of hydrogen-bond donors (Lipinski definition) is 2. The van der Waals surface area contributed by atoms with Gasteiger partial charge in [-0.05, 0) is 26.8 Å². The zero-order chi connectivity index (χ0) is 12.2. The molecule has 16 heavy (non-hydrogen) atoms. The van der Waals surface area contributed by atoms with Gasteiger partial charge in [-0.2, -0.15) is 0 Å². The minimum Gasteiger partial charge on any atom is -0.394 e. The van der Waals surface area contributed by atoms with Crippen molar-refractivity contribution in [2.75, 3.05) is 6.61 Å². The van der Waals surface area contributed by atoms with E-state index in [1.807, 2.05) is 6.92 Å². The van der Waals surface area contributed by atoms with Crippen LogP contribution in [0.3, 0.4) is 0 Å². The molecule has 0 radical (unpaired) electrons. The summed E-state index contributed by atoms with van der Waals surface area (Å²) >= 11 is 1.53. The molecule has 1 rings (SSSR count). The average molecular weight is 240 g/mol. The van der Waals surface area contributed by atoms with Crippen LogP contribution in [0.25, 0.3) is 6.08 Å². The lowest BCUT2D eigenvalue weighted by Crippen LogP contribution is -2.45. The molecule has 88 valence electrons. The van der Waals surface area contributed by atoms with Gasteiger partial charge in [0.25, 0.3) is 0 Å². The van der Waals surface area contributed by atoms with Crippen LogP contribution in [0.15, 0.2) is 12.3 Å². The summed E-state index contributed by atoms with van der Waals surface area (Å²) in [6.07, 6.45) is 4.89. The molecule has 0 saturated carbocycles. The molecule has 0 atom stereocenters. The zero-order valence-electron chi connectivity index (χ0n) is 9.65.